The predicted octanol–water partition coefficient (Wildman–Crippen LogP) is 9.30. The second-order valence-electron chi connectivity index (χ2n) is 8.59. The molecule has 172 valence electrons. The molecule has 0 aliphatic carbocycles. The minimum atomic E-state index is -0.806. The molecule has 1 aromatic carbocycles. The van der Waals surface area contributed by atoms with Gasteiger partial charge in [0.15, 0.2) is 0 Å². The van der Waals surface area contributed by atoms with E-state index in [0.717, 1.165) is 17.1 Å². The van der Waals surface area contributed by atoms with E-state index in [1.165, 1.54) is 108 Å². The summed E-state index contributed by atoms with van der Waals surface area (Å²) in [6, 6.07) is 5.73. The summed E-state index contributed by atoms with van der Waals surface area (Å²) < 4.78 is 0. The van der Waals surface area contributed by atoms with Crippen molar-refractivity contribution in [2.24, 2.45) is 0 Å². The number of unbranched alkanes of at least 4 members (excludes halogenated alkanes) is 15. The Morgan fingerprint density at radius 2 is 1.20 bits per heavy atom. The van der Waals surface area contributed by atoms with Crippen molar-refractivity contribution in [3.8, 4) is 0 Å². The molecule has 0 saturated carbocycles. The number of aryl methyl sites for hydroxylation is 1. The monoisotopic (exact) mass is 434 g/mol. The van der Waals surface area contributed by atoms with Crippen molar-refractivity contribution in [1.82, 2.24) is 0 Å². The average molecular weight is 435 g/mol. The maximum absolute atomic E-state index is 11.5. The lowest BCUT2D eigenvalue weighted by atomic mass is 10.0. The lowest BCUT2D eigenvalue weighted by Gasteiger charge is -2.11. The van der Waals surface area contributed by atoms with Crippen LogP contribution in [0.15, 0.2) is 23.1 Å². The number of aromatic carboxylic acids is 1. The number of thioether (sulfide) groups is 1. The predicted molar refractivity (Wildman–Crippen MR) is 133 cm³/mol. The smallest absolute Gasteiger partial charge is 0.336 e. The van der Waals surface area contributed by atoms with E-state index in [2.05, 4.69) is 19.9 Å². The third-order valence-electron chi connectivity index (χ3n) is 5.92. The first-order chi connectivity index (χ1) is 14.7. The van der Waals surface area contributed by atoms with Gasteiger partial charge in [-0.05, 0) is 30.2 Å². The molecule has 0 aliphatic rings. The van der Waals surface area contributed by atoms with Crippen LogP contribution in [0.4, 0.5) is 0 Å². The lowest BCUT2D eigenvalue weighted by Crippen LogP contribution is -2.02. The Bertz CT molecular complexity index is 556. The summed E-state index contributed by atoms with van der Waals surface area (Å²) in [7, 11) is 0. The Balaban J connectivity index is 2.00. The van der Waals surface area contributed by atoms with Crippen molar-refractivity contribution in [3.05, 3.63) is 29.3 Å². The largest absolute Gasteiger partial charge is 0.478 e. The Morgan fingerprint density at radius 1 is 0.733 bits per heavy atom. The summed E-state index contributed by atoms with van der Waals surface area (Å²) in [5.74, 6) is 0.107. The highest BCUT2D eigenvalue weighted by molar-refractivity contribution is 7.99. The summed E-state index contributed by atoms with van der Waals surface area (Å²) in [5.41, 5.74) is 1.68. The summed E-state index contributed by atoms with van der Waals surface area (Å²) in [6.45, 7) is 4.37. The maximum atomic E-state index is 11.5. The van der Waals surface area contributed by atoms with E-state index in [1.54, 1.807) is 17.8 Å². The molecule has 30 heavy (non-hydrogen) atoms. The van der Waals surface area contributed by atoms with Gasteiger partial charge >= 0.3 is 5.97 Å². The van der Waals surface area contributed by atoms with Gasteiger partial charge in [-0.25, -0.2) is 4.79 Å². The molecule has 0 atom stereocenters. The van der Waals surface area contributed by atoms with Crippen LogP contribution in [0, 0.1) is 0 Å². The van der Waals surface area contributed by atoms with Gasteiger partial charge in [0.2, 0.25) is 0 Å². The highest BCUT2D eigenvalue weighted by atomic mass is 32.2. The van der Waals surface area contributed by atoms with Crippen molar-refractivity contribution >= 4 is 17.7 Å². The van der Waals surface area contributed by atoms with Crippen LogP contribution in [0.3, 0.4) is 0 Å². The van der Waals surface area contributed by atoms with Crippen molar-refractivity contribution < 1.29 is 9.90 Å². The first-order valence-electron chi connectivity index (χ1n) is 12.7. The molecule has 0 fully saturated rings. The normalized spacial score (nSPS) is 11.1. The van der Waals surface area contributed by atoms with Gasteiger partial charge in [0, 0.05) is 4.90 Å². The zero-order valence-electron chi connectivity index (χ0n) is 19.7. The highest BCUT2D eigenvalue weighted by Gasteiger charge is 2.13. The molecule has 0 amide bonds. The molecule has 1 aromatic rings. The van der Waals surface area contributed by atoms with E-state index >= 15 is 0 Å². The van der Waals surface area contributed by atoms with Crippen LogP contribution in [0.25, 0.3) is 0 Å². The number of benzene rings is 1. The third-order valence-corrected chi connectivity index (χ3v) is 6.97. The van der Waals surface area contributed by atoms with E-state index in [0.29, 0.717) is 5.56 Å². The van der Waals surface area contributed by atoms with Gasteiger partial charge < -0.3 is 5.11 Å². The molecule has 0 unspecified atom stereocenters. The third kappa shape index (κ3) is 12.7. The number of carbonyl (C=O) groups is 1. The van der Waals surface area contributed by atoms with E-state index in [-0.39, 0.29) is 0 Å². The zero-order chi connectivity index (χ0) is 21.9. The maximum Gasteiger partial charge on any atom is 0.336 e. The molecule has 0 saturated heterocycles. The van der Waals surface area contributed by atoms with Crippen molar-refractivity contribution in [2.45, 2.75) is 128 Å². The van der Waals surface area contributed by atoms with E-state index < -0.39 is 5.97 Å². The van der Waals surface area contributed by atoms with E-state index in [9.17, 15) is 9.90 Å². The van der Waals surface area contributed by atoms with Gasteiger partial charge in [-0.15, -0.1) is 11.8 Å². The molecule has 1 N–H and O–H groups in total. The SMILES string of the molecule is CCCCCCCCCCCCCCCCCCc1cccc(C(=O)O)c1SCC. The quantitative estimate of drug-likeness (QED) is 0.164. The minimum absolute atomic E-state index is 0.468. The summed E-state index contributed by atoms with van der Waals surface area (Å²) >= 11 is 1.66. The molecule has 0 aromatic heterocycles. The minimum Gasteiger partial charge on any atom is -0.478 e. The molecule has 0 bridgehead atoms. The van der Waals surface area contributed by atoms with Gasteiger partial charge in [-0.3, -0.25) is 0 Å². The Hall–Kier alpha value is -0.960. The van der Waals surface area contributed by atoms with Gasteiger partial charge in [-0.2, -0.15) is 0 Å². The van der Waals surface area contributed by atoms with Crippen molar-refractivity contribution in [2.75, 3.05) is 5.75 Å². The second kappa shape index (κ2) is 18.8. The first kappa shape index (κ1) is 27.1. The molecular weight excluding hydrogens is 388 g/mol. The number of rotatable bonds is 20. The highest BCUT2D eigenvalue weighted by Crippen LogP contribution is 2.28. The number of carboxylic acids is 1. The summed E-state index contributed by atoms with van der Waals surface area (Å²) in [4.78, 5) is 12.4. The Kier molecular flexibility index (Phi) is 16.9. The number of hydrogen-bond donors (Lipinski definition) is 1. The van der Waals surface area contributed by atoms with Crippen molar-refractivity contribution in [3.63, 3.8) is 0 Å². The van der Waals surface area contributed by atoms with Crippen LogP contribution in [0.1, 0.15) is 133 Å². The molecule has 0 spiro atoms. The first-order valence-corrected chi connectivity index (χ1v) is 13.7. The topological polar surface area (TPSA) is 37.3 Å². The second-order valence-corrected chi connectivity index (χ2v) is 9.86. The van der Waals surface area contributed by atoms with Gasteiger partial charge in [0.05, 0.1) is 5.56 Å². The fourth-order valence-electron chi connectivity index (χ4n) is 4.13. The van der Waals surface area contributed by atoms with Crippen LogP contribution in [0.2, 0.25) is 0 Å². The molecule has 1 rings (SSSR count). The molecule has 0 radical (unpaired) electrons. The van der Waals surface area contributed by atoms with Crippen LogP contribution >= 0.6 is 11.8 Å². The standard InChI is InChI=1S/C27H46O2S/c1-3-5-6-7-8-9-10-11-12-13-14-15-16-17-18-19-21-24-22-20-23-25(27(28)29)26(24)30-4-2/h20,22-23H,3-19,21H2,1-2H3,(H,28,29). The molecule has 2 nitrogen and oxygen atoms in total. The zero-order valence-corrected chi connectivity index (χ0v) is 20.5. The molecular formula is C27H46O2S. The lowest BCUT2D eigenvalue weighted by molar-refractivity contribution is 0.0693. The van der Waals surface area contributed by atoms with Crippen LogP contribution < -0.4 is 0 Å². The van der Waals surface area contributed by atoms with Gasteiger partial charge in [-0.1, -0.05) is 122 Å². The van der Waals surface area contributed by atoms with Crippen LogP contribution in [0.5, 0.6) is 0 Å². The Labute approximate surface area is 190 Å². The van der Waals surface area contributed by atoms with E-state index in [1.807, 2.05) is 6.07 Å². The fourth-order valence-corrected chi connectivity index (χ4v) is 5.08. The molecule has 0 heterocycles. The van der Waals surface area contributed by atoms with Gasteiger partial charge in [0.1, 0.15) is 0 Å². The Morgan fingerprint density at radius 3 is 1.63 bits per heavy atom. The molecule has 0 aliphatic heterocycles. The average Bonchev–Trinajstić information content (AvgIpc) is 2.74. The number of hydrogen-bond acceptors (Lipinski definition) is 2. The van der Waals surface area contributed by atoms with Crippen LogP contribution in [-0.2, 0) is 6.42 Å². The fraction of sp³-hybridized carbons (Fsp3) is 0.741. The number of carboxylic acid groups (broad SMARTS) is 1. The molecule has 3 heteroatoms. The summed E-state index contributed by atoms with van der Waals surface area (Å²) in [5, 5.41) is 9.42. The van der Waals surface area contributed by atoms with E-state index in [4.69, 9.17) is 0 Å². The van der Waals surface area contributed by atoms with Crippen molar-refractivity contribution in [1.29, 1.82) is 0 Å². The summed E-state index contributed by atoms with van der Waals surface area (Å²) in [6.07, 6.45) is 23.1. The van der Waals surface area contributed by atoms with Crippen LogP contribution in [-0.4, -0.2) is 16.8 Å². The van der Waals surface area contributed by atoms with Gasteiger partial charge in [0.25, 0.3) is 0 Å².